The average Bonchev–Trinajstić information content (AvgIpc) is 2.29. The molecule has 1 aromatic rings. The molecule has 1 aliphatic rings. The van der Waals surface area contributed by atoms with Gasteiger partial charge < -0.3 is 10.4 Å². The van der Waals surface area contributed by atoms with Crippen LogP contribution in [0.5, 0.6) is 0 Å². The smallest absolute Gasteiger partial charge is 0.171 e. The number of rotatable bonds is 2. The molecule has 4 nitrogen and oxygen atoms in total. The standard InChI is InChI=1S/C12H18ClN3O/c1-7-8(2)15-12(11(13)14-7)16-9-3-5-10(17)6-4-9/h9-10,17H,3-6H2,1-2H3,(H,15,16). The topological polar surface area (TPSA) is 58.0 Å². The molecule has 1 aliphatic carbocycles. The van der Waals surface area contributed by atoms with Gasteiger partial charge in [-0.1, -0.05) is 11.6 Å². The molecule has 0 aromatic carbocycles. The van der Waals surface area contributed by atoms with Crippen molar-refractivity contribution in [2.45, 2.75) is 51.7 Å². The van der Waals surface area contributed by atoms with Gasteiger partial charge in [-0.2, -0.15) is 0 Å². The number of nitrogens with one attached hydrogen (secondary N) is 1. The van der Waals surface area contributed by atoms with Crippen molar-refractivity contribution in [3.05, 3.63) is 16.5 Å². The van der Waals surface area contributed by atoms with Crippen molar-refractivity contribution in [2.24, 2.45) is 0 Å². The fraction of sp³-hybridized carbons (Fsp3) is 0.667. The zero-order valence-corrected chi connectivity index (χ0v) is 11.0. The summed E-state index contributed by atoms with van der Waals surface area (Å²) in [5, 5.41) is 13.2. The Morgan fingerprint density at radius 3 is 2.35 bits per heavy atom. The highest BCUT2D eigenvalue weighted by atomic mass is 35.5. The lowest BCUT2D eigenvalue weighted by Gasteiger charge is -2.26. The number of aliphatic hydroxyl groups excluding tert-OH is 1. The molecule has 1 fully saturated rings. The van der Waals surface area contributed by atoms with Crippen LogP contribution in [0.4, 0.5) is 5.82 Å². The molecular formula is C12H18ClN3O. The Bertz CT molecular complexity index is 403. The van der Waals surface area contributed by atoms with Gasteiger partial charge >= 0.3 is 0 Å². The normalized spacial score (nSPS) is 24.7. The predicted octanol–water partition coefficient (Wildman–Crippen LogP) is 2.46. The van der Waals surface area contributed by atoms with E-state index in [4.69, 9.17) is 11.6 Å². The summed E-state index contributed by atoms with van der Waals surface area (Å²) in [7, 11) is 0. The first-order valence-electron chi connectivity index (χ1n) is 6.01. The van der Waals surface area contributed by atoms with E-state index < -0.39 is 0 Å². The highest BCUT2D eigenvalue weighted by Gasteiger charge is 2.20. The molecule has 0 amide bonds. The minimum Gasteiger partial charge on any atom is -0.393 e. The summed E-state index contributed by atoms with van der Waals surface area (Å²) in [6, 6.07) is 0.340. The van der Waals surface area contributed by atoms with Crippen molar-refractivity contribution in [2.75, 3.05) is 5.32 Å². The number of halogens is 1. The van der Waals surface area contributed by atoms with Crippen LogP contribution in [0.3, 0.4) is 0 Å². The van der Waals surface area contributed by atoms with E-state index in [-0.39, 0.29) is 6.10 Å². The van der Waals surface area contributed by atoms with Crippen molar-refractivity contribution in [1.82, 2.24) is 9.97 Å². The Hall–Kier alpha value is -0.870. The Morgan fingerprint density at radius 2 is 1.71 bits per heavy atom. The number of aromatic nitrogens is 2. The molecule has 94 valence electrons. The molecule has 2 N–H and O–H groups in total. The predicted molar refractivity (Wildman–Crippen MR) is 68.4 cm³/mol. The van der Waals surface area contributed by atoms with Crippen LogP contribution >= 0.6 is 11.6 Å². The molecule has 1 saturated carbocycles. The molecule has 0 saturated heterocycles. The summed E-state index contributed by atoms with van der Waals surface area (Å²) in [5.41, 5.74) is 1.76. The maximum atomic E-state index is 9.45. The molecule has 1 aromatic heterocycles. The van der Waals surface area contributed by atoms with E-state index in [0.717, 1.165) is 37.1 Å². The van der Waals surface area contributed by atoms with Gasteiger partial charge in [0.05, 0.1) is 17.5 Å². The zero-order valence-electron chi connectivity index (χ0n) is 10.2. The lowest BCUT2D eigenvalue weighted by atomic mass is 9.93. The molecule has 0 unspecified atom stereocenters. The third-order valence-electron chi connectivity index (χ3n) is 3.30. The van der Waals surface area contributed by atoms with Crippen molar-refractivity contribution >= 4 is 17.4 Å². The van der Waals surface area contributed by atoms with E-state index in [0.29, 0.717) is 17.0 Å². The maximum absolute atomic E-state index is 9.45. The van der Waals surface area contributed by atoms with Gasteiger partial charge in [-0.3, -0.25) is 0 Å². The van der Waals surface area contributed by atoms with Gasteiger partial charge in [-0.25, -0.2) is 9.97 Å². The molecule has 1 heterocycles. The molecule has 0 bridgehead atoms. The second kappa shape index (κ2) is 5.19. The molecule has 0 aliphatic heterocycles. The number of hydrogen-bond donors (Lipinski definition) is 2. The van der Waals surface area contributed by atoms with E-state index in [1.54, 1.807) is 0 Å². The second-order valence-corrected chi connectivity index (χ2v) is 5.04. The largest absolute Gasteiger partial charge is 0.393 e. The first-order valence-corrected chi connectivity index (χ1v) is 6.39. The average molecular weight is 256 g/mol. The lowest BCUT2D eigenvalue weighted by Crippen LogP contribution is -2.28. The van der Waals surface area contributed by atoms with Crippen LogP contribution in [0.25, 0.3) is 0 Å². The van der Waals surface area contributed by atoms with Crippen molar-refractivity contribution < 1.29 is 5.11 Å². The van der Waals surface area contributed by atoms with E-state index in [1.165, 1.54) is 0 Å². The molecule has 0 radical (unpaired) electrons. The van der Waals surface area contributed by atoms with Crippen LogP contribution in [0.15, 0.2) is 0 Å². The molecule has 0 spiro atoms. The van der Waals surface area contributed by atoms with Gasteiger partial charge in [-0.05, 0) is 39.5 Å². The second-order valence-electron chi connectivity index (χ2n) is 4.68. The number of anilines is 1. The number of nitrogens with zero attached hydrogens (tertiary/aromatic N) is 2. The Labute approximate surface area is 106 Å². The van der Waals surface area contributed by atoms with Crippen molar-refractivity contribution in [3.63, 3.8) is 0 Å². The minimum absolute atomic E-state index is 0.144. The SMILES string of the molecule is Cc1nc(Cl)c(NC2CCC(O)CC2)nc1C. The number of aliphatic hydroxyl groups is 1. The fourth-order valence-electron chi connectivity index (χ4n) is 2.08. The first-order chi connectivity index (χ1) is 8.06. The summed E-state index contributed by atoms with van der Waals surface area (Å²) in [5.74, 6) is 0.663. The monoisotopic (exact) mass is 255 g/mol. The van der Waals surface area contributed by atoms with Crippen LogP contribution in [-0.4, -0.2) is 27.2 Å². The third kappa shape index (κ3) is 3.07. The van der Waals surface area contributed by atoms with Gasteiger partial charge in [0.1, 0.15) is 0 Å². The van der Waals surface area contributed by atoms with Crippen LogP contribution in [0.1, 0.15) is 37.1 Å². The Balaban J connectivity index is 2.06. The minimum atomic E-state index is -0.144. The summed E-state index contributed by atoms with van der Waals surface area (Å²) < 4.78 is 0. The summed E-state index contributed by atoms with van der Waals surface area (Å²) in [4.78, 5) is 8.66. The summed E-state index contributed by atoms with van der Waals surface area (Å²) >= 11 is 6.06. The molecule has 5 heteroatoms. The third-order valence-corrected chi connectivity index (χ3v) is 3.57. The summed E-state index contributed by atoms with van der Waals surface area (Å²) in [6.45, 7) is 3.82. The number of hydrogen-bond acceptors (Lipinski definition) is 4. The van der Waals surface area contributed by atoms with Crippen LogP contribution in [-0.2, 0) is 0 Å². The molecule has 2 rings (SSSR count). The first kappa shape index (κ1) is 12.6. The summed E-state index contributed by atoms with van der Waals surface area (Å²) in [6.07, 6.45) is 3.44. The van der Waals surface area contributed by atoms with Crippen LogP contribution < -0.4 is 5.32 Å². The fourth-order valence-corrected chi connectivity index (χ4v) is 2.30. The van der Waals surface area contributed by atoms with Gasteiger partial charge in [0.25, 0.3) is 0 Å². The van der Waals surface area contributed by atoms with Gasteiger partial charge in [0.2, 0.25) is 0 Å². The molecule has 0 atom stereocenters. The quantitative estimate of drug-likeness (QED) is 0.852. The van der Waals surface area contributed by atoms with Crippen LogP contribution in [0, 0.1) is 13.8 Å². The Morgan fingerprint density at radius 1 is 1.12 bits per heavy atom. The zero-order chi connectivity index (χ0) is 12.4. The van der Waals surface area contributed by atoms with Gasteiger partial charge in [0.15, 0.2) is 11.0 Å². The van der Waals surface area contributed by atoms with Crippen LogP contribution in [0.2, 0.25) is 5.15 Å². The highest BCUT2D eigenvalue weighted by molar-refractivity contribution is 6.31. The van der Waals surface area contributed by atoms with E-state index in [1.807, 2.05) is 13.8 Å². The van der Waals surface area contributed by atoms with E-state index in [9.17, 15) is 5.11 Å². The van der Waals surface area contributed by atoms with E-state index in [2.05, 4.69) is 15.3 Å². The lowest BCUT2D eigenvalue weighted by molar-refractivity contribution is 0.126. The van der Waals surface area contributed by atoms with E-state index >= 15 is 0 Å². The van der Waals surface area contributed by atoms with Gasteiger partial charge in [-0.15, -0.1) is 0 Å². The van der Waals surface area contributed by atoms with Crippen molar-refractivity contribution in [3.8, 4) is 0 Å². The highest BCUT2D eigenvalue weighted by Crippen LogP contribution is 2.25. The van der Waals surface area contributed by atoms with Gasteiger partial charge in [0, 0.05) is 6.04 Å². The molecule has 17 heavy (non-hydrogen) atoms. The van der Waals surface area contributed by atoms with Crippen molar-refractivity contribution in [1.29, 1.82) is 0 Å². The maximum Gasteiger partial charge on any atom is 0.171 e. The number of aryl methyl sites for hydroxylation is 2. The Kier molecular flexibility index (Phi) is 3.84. The molecular weight excluding hydrogens is 238 g/mol.